The van der Waals surface area contributed by atoms with Crippen LogP contribution in [0.1, 0.15) is 30.7 Å². The Labute approximate surface area is 171 Å². The molecular formula is C22H25NO5S. The minimum atomic E-state index is -3.73. The first kappa shape index (κ1) is 18.8. The third-order valence-corrected chi connectivity index (χ3v) is 7.71. The highest BCUT2D eigenvalue weighted by molar-refractivity contribution is 7.91. The number of methoxy groups -OCH3 is 1. The smallest absolute Gasteiger partial charge is 0.207 e. The SMILES string of the molecule is COc1cc(OCC2CC2)cc(S(=O)(=O)c2ccc3c(c2)OC2CNCCC32)c1. The van der Waals surface area contributed by atoms with Gasteiger partial charge in [-0.3, -0.25) is 0 Å². The van der Waals surface area contributed by atoms with Crippen LogP contribution >= 0.6 is 0 Å². The lowest BCUT2D eigenvalue weighted by atomic mass is 9.90. The summed E-state index contributed by atoms with van der Waals surface area (Å²) in [6.45, 7) is 2.35. The van der Waals surface area contributed by atoms with Crippen LogP contribution in [0, 0.1) is 5.92 Å². The lowest BCUT2D eigenvalue weighted by molar-refractivity contribution is 0.176. The van der Waals surface area contributed by atoms with Gasteiger partial charge in [-0.15, -0.1) is 0 Å². The fourth-order valence-corrected chi connectivity index (χ4v) is 5.42. The molecule has 2 aromatic carbocycles. The van der Waals surface area contributed by atoms with Crippen LogP contribution in [0.5, 0.6) is 17.2 Å². The van der Waals surface area contributed by atoms with Gasteiger partial charge in [-0.2, -0.15) is 0 Å². The lowest BCUT2D eigenvalue weighted by Gasteiger charge is -2.24. The molecule has 2 fully saturated rings. The van der Waals surface area contributed by atoms with Crippen LogP contribution < -0.4 is 19.5 Å². The number of nitrogens with one attached hydrogen (secondary N) is 1. The van der Waals surface area contributed by atoms with Crippen molar-refractivity contribution >= 4 is 9.84 Å². The fourth-order valence-electron chi connectivity index (χ4n) is 4.10. The van der Waals surface area contributed by atoms with Crippen molar-refractivity contribution in [1.29, 1.82) is 0 Å². The van der Waals surface area contributed by atoms with Crippen molar-refractivity contribution in [2.45, 2.75) is 41.1 Å². The number of hydrogen-bond donors (Lipinski definition) is 1. The summed E-state index contributed by atoms with van der Waals surface area (Å²) in [4.78, 5) is 0.393. The van der Waals surface area contributed by atoms with E-state index in [0.29, 0.717) is 35.7 Å². The molecule has 6 nitrogen and oxygen atoms in total. The zero-order valence-electron chi connectivity index (χ0n) is 16.4. The molecule has 1 saturated carbocycles. The van der Waals surface area contributed by atoms with Gasteiger partial charge in [0.15, 0.2) is 0 Å². The van der Waals surface area contributed by atoms with Crippen LogP contribution in [0.2, 0.25) is 0 Å². The van der Waals surface area contributed by atoms with E-state index in [1.54, 1.807) is 24.3 Å². The normalized spacial score (nSPS) is 23.1. The Balaban J connectivity index is 1.47. The molecule has 3 aliphatic rings. The van der Waals surface area contributed by atoms with Crippen molar-refractivity contribution in [3.8, 4) is 17.2 Å². The van der Waals surface area contributed by atoms with Crippen LogP contribution in [-0.4, -0.2) is 41.3 Å². The first-order valence-corrected chi connectivity index (χ1v) is 11.6. The van der Waals surface area contributed by atoms with Crippen LogP contribution in [-0.2, 0) is 9.84 Å². The van der Waals surface area contributed by atoms with Gasteiger partial charge in [0.25, 0.3) is 0 Å². The molecule has 2 atom stereocenters. The summed E-state index contributed by atoms with van der Waals surface area (Å²) in [7, 11) is -2.20. The number of piperidine rings is 1. The predicted molar refractivity (Wildman–Crippen MR) is 108 cm³/mol. The molecule has 154 valence electrons. The van der Waals surface area contributed by atoms with Gasteiger partial charge in [-0.1, -0.05) is 6.07 Å². The third-order valence-electron chi connectivity index (χ3n) is 5.98. The average molecular weight is 416 g/mol. The summed E-state index contributed by atoms with van der Waals surface area (Å²) < 4.78 is 43.8. The fraction of sp³-hybridized carbons (Fsp3) is 0.455. The zero-order valence-corrected chi connectivity index (χ0v) is 17.2. The zero-order chi connectivity index (χ0) is 20.0. The summed E-state index contributed by atoms with van der Waals surface area (Å²) in [6, 6.07) is 10.1. The highest BCUT2D eigenvalue weighted by atomic mass is 32.2. The van der Waals surface area contributed by atoms with Crippen LogP contribution in [0.3, 0.4) is 0 Å². The summed E-state index contributed by atoms with van der Waals surface area (Å²) in [5.41, 5.74) is 1.11. The Morgan fingerprint density at radius 2 is 1.90 bits per heavy atom. The highest BCUT2D eigenvalue weighted by Gasteiger charge is 2.37. The molecule has 2 aromatic rings. The first-order chi connectivity index (χ1) is 14.0. The van der Waals surface area contributed by atoms with E-state index < -0.39 is 9.84 Å². The minimum Gasteiger partial charge on any atom is -0.497 e. The number of benzene rings is 2. The van der Waals surface area contributed by atoms with E-state index in [-0.39, 0.29) is 15.9 Å². The van der Waals surface area contributed by atoms with Gasteiger partial charge in [-0.25, -0.2) is 8.42 Å². The molecule has 2 unspecified atom stereocenters. The number of sulfone groups is 1. The van der Waals surface area contributed by atoms with Crippen molar-refractivity contribution in [3.05, 3.63) is 42.0 Å². The van der Waals surface area contributed by atoms with Crippen LogP contribution in [0.4, 0.5) is 0 Å². The van der Waals surface area contributed by atoms with Crippen molar-refractivity contribution < 1.29 is 22.6 Å². The number of rotatable bonds is 6. The van der Waals surface area contributed by atoms with Crippen LogP contribution in [0.15, 0.2) is 46.2 Å². The Morgan fingerprint density at radius 1 is 1.07 bits per heavy atom. The van der Waals surface area contributed by atoms with E-state index in [4.69, 9.17) is 14.2 Å². The van der Waals surface area contributed by atoms with Crippen molar-refractivity contribution in [2.75, 3.05) is 26.8 Å². The maximum absolute atomic E-state index is 13.3. The molecule has 0 amide bonds. The maximum Gasteiger partial charge on any atom is 0.207 e. The van der Waals surface area contributed by atoms with Crippen LogP contribution in [0.25, 0.3) is 0 Å². The Bertz CT molecular complexity index is 1030. The number of ether oxygens (including phenoxy) is 3. The quantitative estimate of drug-likeness (QED) is 0.781. The molecule has 0 aromatic heterocycles. The van der Waals surface area contributed by atoms with Gasteiger partial charge in [0.05, 0.1) is 23.5 Å². The molecule has 2 aliphatic heterocycles. The van der Waals surface area contributed by atoms with Gasteiger partial charge in [0.2, 0.25) is 9.84 Å². The van der Waals surface area contributed by atoms with Crippen molar-refractivity contribution in [3.63, 3.8) is 0 Å². The third kappa shape index (κ3) is 3.57. The summed E-state index contributed by atoms with van der Waals surface area (Å²) in [5, 5.41) is 3.33. The molecule has 7 heteroatoms. The monoisotopic (exact) mass is 415 g/mol. The number of fused-ring (bicyclic) bond motifs is 3. The van der Waals surface area contributed by atoms with Gasteiger partial charge in [0, 0.05) is 24.1 Å². The van der Waals surface area contributed by atoms with E-state index in [1.165, 1.54) is 26.0 Å². The molecule has 1 aliphatic carbocycles. The van der Waals surface area contributed by atoms with E-state index in [9.17, 15) is 8.42 Å². The largest absolute Gasteiger partial charge is 0.497 e. The minimum absolute atomic E-state index is 0.0796. The highest BCUT2D eigenvalue weighted by Crippen LogP contribution is 2.43. The predicted octanol–water partition coefficient (Wildman–Crippen LogP) is 3.15. The van der Waals surface area contributed by atoms with E-state index >= 15 is 0 Å². The van der Waals surface area contributed by atoms with Crippen molar-refractivity contribution in [2.24, 2.45) is 5.92 Å². The Kier molecular flexibility index (Phi) is 4.67. The van der Waals surface area contributed by atoms with Gasteiger partial charge >= 0.3 is 0 Å². The van der Waals surface area contributed by atoms with E-state index in [2.05, 4.69) is 5.32 Å². The van der Waals surface area contributed by atoms with E-state index in [1.807, 2.05) is 6.07 Å². The summed E-state index contributed by atoms with van der Waals surface area (Å²) in [5.74, 6) is 2.57. The molecule has 0 radical (unpaired) electrons. The molecule has 0 bridgehead atoms. The summed E-state index contributed by atoms with van der Waals surface area (Å²) >= 11 is 0. The summed E-state index contributed by atoms with van der Waals surface area (Å²) in [6.07, 6.45) is 3.42. The molecule has 2 heterocycles. The average Bonchev–Trinajstić information content (AvgIpc) is 3.50. The molecular weight excluding hydrogens is 390 g/mol. The first-order valence-electron chi connectivity index (χ1n) is 10.1. The second-order valence-corrected chi connectivity index (χ2v) is 10.0. The lowest BCUT2D eigenvalue weighted by Crippen LogP contribution is -2.39. The van der Waals surface area contributed by atoms with Gasteiger partial charge in [0.1, 0.15) is 23.4 Å². The standard InChI is InChI=1S/C22H25NO5S/c1-26-15-8-16(27-13-14-2-3-14)10-18(9-15)29(24,25)17-4-5-19-20-6-7-23-12-22(20)28-21(19)11-17/h4-5,8-11,14,20,22-23H,2-3,6-7,12-13H2,1H3. The molecule has 0 spiro atoms. The Morgan fingerprint density at radius 3 is 2.69 bits per heavy atom. The number of hydrogen-bond acceptors (Lipinski definition) is 6. The maximum atomic E-state index is 13.3. The second kappa shape index (κ2) is 7.22. The second-order valence-electron chi connectivity index (χ2n) is 8.06. The van der Waals surface area contributed by atoms with Crippen molar-refractivity contribution in [1.82, 2.24) is 5.32 Å². The van der Waals surface area contributed by atoms with Gasteiger partial charge in [-0.05, 0) is 56.0 Å². The molecule has 29 heavy (non-hydrogen) atoms. The van der Waals surface area contributed by atoms with E-state index in [0.717, 1.165) is 25.1 Å². The Hall–Kier alpha value is -2.25. The topological polar surface area (TPSA) is 73.9 Å². The molecule has 5 rings (SSSR count). The molecule has 1 N–H and O–H groups in total. The molecule has 1 saturated heterocycles. The van der Waals surface area contributed by atoms with Gasteiger partial charge < -0.3 is 19.5 Å².